The van der Waals surface area contributed by atoms with E-state index < -0.39 is 5.91 Å². The first kappa shape index (κ1) is 14.9. The number of aromatic hydroxyl groups is 1. The maximum Gasteiger partial charge on any atom is 0.260 e. The Hall–Kier alpha value is -3.03. The van der Waals surface area contributed by atoms with Gasteiger partial charge in [-0.25, -0.2) is 0 Å². The standard InChI is InChI=1S/C18H11ClN2O2/c19-15-9-13(7-5-12(15)10-20)21-18(23)17-14-4-2-1-3-11(14)6-8-16(17)22/h1-9,22H,(H,21,23). The van der Waals surface area contributed by atoms with E-state index in [1.165, 1.54) is 18.2 Å². The average molecular weight is 323 g/mol. The van der Waals surface area contributed by atoms with Gasteiger partial charge in [-0.3, -0.25) is 4.79 Å². The lowest BCUT2D eigenvalue weighted by atomic mass is 10.0. The molecule has 0 atom stereocenters. The van der Waals surface area contributed by atoms with Crippen molar-refractivity contribution >= 4 is 34.0 Å². The molecule has 0 bridgehead atoms. The number of halogens is 1. The van der Waals surface area contributed by atoms with Crippen LogP contribution in [0.1, 0.15) is 15.9 Å². The minimum Gasteiger partial charge on any atom is -0.507 e. The highest BCUT2D eigenvalue weighted by Gasteiger charge is 2.15. The van der Waals surface area contributed by atoms with Crippen LogP contribution in [-0.2, 0) is 0 Å². The number of anilines is 1. The average Bonchev–Trinajstić information content (AvgIpc) is 2.54. The molecule has 3 aromatic rings. The van der Waals surface area contributed by atoms with E-state index in [0.717, 1.165) is 5.39 Å². The van der Waals surface area contributed by atoms with E-state index >= 15 is 0 Å². The van der Waals surface area contributed by atoms with Gasteiger partial charge in [-0.05, 0) is 35.0 Å². The molecule has 0 aliphatic rings. The molecule has 0 aliphatic carbocycles. The molecule has 0 unspecified atom stereocenters. The van der Waals surface area contributed by atoms with E-state index in [-0.39, 0.29) is 16.3 Å². The molecule has 0 radical (unpaired) electrons. The first-order valence-electron chi connectivity index (χ1n) is 6.82. The van der Waals surface area contributed by atoms with E-state index in [0.29, 0.717) is 16.6 Å². The topological polar surface area (TPSA) is 73.1 Å². The van der Waals surface area contributed by atoms with E-state index in [9.17, 15) is 9.90 Å². The number of hydrogen-bond acceptors (Lipinski definition) is 3. The molecule has 0 fully saturated rings. The Bertz CT molecular complexity index is 961. The minimum atomic E-state index is -0.444. The van der Waals surface area contributed by atoms with Crippen LogP contribution in [0.25, 0.3) is 10.8 Å². The number of amides is 1. The van der Waals surface area contributed by atoms with Crippen molar-refractivity contribution in [2.24, 2.45) is 0 Å². The van der Waals surface area contributed by atoms with Crippen LogP contribution in [-0.4, -0.2) is 11.0 Å². The predicted octanol–water partition coefficient (Wildman–Crippen LogP) is 4.32. The number of nitrogens with one attached hydrogen (secondary N) is 1. The zero-order valence-electron chi connectivity index (χ0n) is 11.9. The summed E-state index contributed by atoms with van der Waals surface area (Å²) in [5.74, 6) is -0.541. The second-order valence-corrected chi connectivity index (χ2v) is 5.35. The Morgan fingerprint density at radius 1 is 1.13 bits per heavy atom. The number of fused-ring (bicyclic) bond motifs is 1. The molecule has 2 N–H and O–H groups in total. The van der Waals surface area contributed by atoms with Crippen molar-refractivity contribution in [3.8, 4) is 11.8 Å². The maximum atomic E-state index is 12.5. The van der Waals surface area contributed by atoms with Gasteiger partial charge < -0.3 is 10.4 Å². The molecule has 0 spiro atoms. The van der Waals surface area contributed by atoms with E-state index in [1.807, 2.05) is 18.2 Å². The second kappa shape index (κ2) is 5.99. The quantitative estimate of drug-likeness (QED) is 0.737. The summed E-state index contributed by atoms with van der Waals surface area (Å²) in [6.45, 7) is 0. The number of carbonyl (C=O) groups is 1. The third-order valence-electron chi connectivity index (χ3n) is 3.48. The van der Waals surface area contributed by atoms with Gasteiger partial charge >= 0.3 is 0 Å². The van der Waals surface area contributed by atoms with Crippen LogP contribution in [0.2, 0.25) is 5.02 Å². The summed E-state index contributed by atoms with van der Waals surface area (Å²) >= 11 is 5.96. The zero-order chi connectivity index (χ0) is 16.4. The molecule has 23 heavy (non-hydrogen) atoms. The molecule has 3 rings (SSSR count). The minimum absolute atomic E-state index is 0.0964. The van der Waals surface area contributed by atoms with Crippen molar-refractivity contribution in [2.45, 2.75) is 0 Å². The highest BCUT2D eigenvalue weighted by atomic mass is 35.5. The third kappa shape index (κ3) is 2.83. The van der Waals surface area contributed by atoms with Crippen molar-refractivity contribution in [1.82, 2.24) is 0 Å². The van der Waals surface area contributed by atoms with Gasteiger partial charge in [0, 0.05) is 5.69 Å². The Morgan fingerprint density at radius 3 is 2.65 bits per heavy atom. The Balaban J connectivity index is 2.00. The fraction of sp³-hybridized carbons (Fsp3) is 0. The largest absolute Gasteiger partial charge is 0.507 e. The fourth-order valence-electron chi connectivity index (χ4n) is 2.38. The smallest absolute Gasteiger partial charge is 0.260 e. The molecule has 4 nitrogen and oxygen atoms in total. The number of phenolic OH excluding ortho intramolecular Hbond substituents is 1. The summed E-state index contributed by atoms with van der Waals surface area (Å²) in [7, 11) is 0. The van der Waals surface area contributed by atoms with Gasteiger partial charge in [-0.1, -0.05) is 41.9 Å². The van der Waals surface area contributed by atoms with Gasteiger partial charge in [0.15, 0.2) is 0 Å². The molecule has 1 amide bonds. The SMILES string of the molecule is N#Cc1ccc(NC(=O)c2c(O)ccc3ccccc23)cc1Cl. The first-order chi connectivity index (χ1) is 11.1. The van der Waals surface area contributed by atoms with Crippen LogP contribution in [0.4, 0.5) is 5.69 Å². The molecule has 5 heteroatoms. The number of rotatable bonds is 2. The van der Waals surface area contributed by atoms with Gasteiger partial charge in [0.05, 0.1) is 16.1 Å². The molecular formula is C18H11ClN2O2. The van der Waals surface area contributed by atoms with Crippen LogP contribution < -0.4 is 5.32 Å². The molecule has 0 heterocycles. The summed E-state index contributed by atoms with van der Waals surface area (Å²) in [6, 6.07) is 17.1. The van der Waals surface area contributed by atoms with Gasteiger partial charge in [0.25, 0.3) is 5.91 Å². The van der Waals surface area contributed by atoms with E-state index in [2.05, 4.69) is 5.32 Å². The normalized spacial score (nSPS) is 10.3. The van der Waals surface area contributed by atoms with Crippen molar-refractivity contribution in [3.63, 3.8) is 0 Å². The monoisotopic (exact) mass is 322 g/mol. The molecule has 0 aliphatic heterocycles. The van der Waals surface area contributed by atoms with Gasteiger partial charge in [0.2, 0.25) is 0 Å². The van der Waals surface area contributed by atoms with Crippen LogP contribution in [0.15, 0.2) is 54.6 Å². The lowest BCUT2D eigenvalue weighted by Gasteiger charge is -2.10. The van der Waals surface area contributed by atoms with Crippen molar-refractivity contribution in [1.29, 1.82) is 5.26 Å². The summed E-state index contributed by atoms with van der Waals surface area (Å²) in [4.78, 5) is 12.5. The van der Waals surface area contributed by atoms with Crippen LogP contribution in [0.3, 0.4) is 0 Å². The number of nitriles is 1. The summed E-state index contributed by atoms with van der Waals surface area (Å²) in [5.41, 5.74) is 0.979. The maximum absolute atomic E-state index is 12.5. The Morgan fingerprint density at radius 2 is 1.91 bits per heavy atom. The van der Waals surface area contributed by atoms with E-state index in [1.54, 1.807) is 24.3 Å². The molecule has 112 valence electrons. The summed E-state index contributed by atoms with van der Waals surface area (Å²) in [5, 5.41) is 23.4. The van der Waals surface area contributed by atoms with Crippen LogP contribution in [0.5, 0.6) is 5.75 Å². The number of hydrogen-bond donors (Lipinski definition) is 2. The van der Waals surface area contributed by atoms with Crippen LogP contribution in [0, 0.1) is 11.3 Å². The lowest BCUT2D eigenvalue weighted by molar-refractivity contribution is 0.102. The number of benzene rings is 3. The fourth-order valence-corrected chi connectivity index (χ4v) is 2.60. The van der Waals surface area contributed by atoms with Gasteiger partial charge in [-0.15, -0.1) is 0 Å². The number of carbonyl (C=O) groups excluding carboxylic acids is 1. The third-order valence-corrected chi connectivity index (χ3v) is 3.79. The highest BCUT2D eigenvalue weighted by molar-refractivity contribution is 6.32. The summed E-state index contributed by atoms with van der Waals surface area (Å²) in [6.07, 6.45) is 0. The molecular weight excluding hydrogens is 312 g/mol. The van der Waals surface area contributed by atoms with Crippen molar-refractivity contribution in [3.05, 3.63) is 70.7 Å². The molecule has 3 aromatic carbocycles. The van der Waals surface area contributed by atoms with Gasteiger partial charge in [-0.2, -0.15) is 5.26 Å². The van der Waals surface area contributed by atoms with Gasteiger partial charge in [0.1, 0.15) is 11.8 Å². The van der Waals surface area contributed by atoms with Crippen LogP contribution >= 0.6 is 11.6 Å². The molecule has 0 saturated heterocycles. The Labute approximate surface area is 137 Å². The zero-order valence-corrected chi connectivity index (χ0v) is 12.6. The lowest BCUT2D eigenvalue weighted by Crippen LogP contribution is -2.12. The summed E-state index contributed by atoms with van der Waals surface area (Å²) < 4.78 is 0. The van der Waals surface area contributed by atoms with Crippen molar-refractivity contribution < 1.29 is 9.90 Å². The first-order valence-corrected chi connectivity index (χ1v) is 7.19. The predicted molar refractivity (Wildman–Crippen MR) is 89.7 cm³/mol. The second-order valence-electron chi connectivity index (χ2n) is 4.94. The highest BCUT2D eigenvalue weighted by Crippen LogP contribution is 2.28. The number of phenols is 1. The number of nitrogens with zero attached hydrogens (tertiary/aromatic N) is 1. The molecule has 0 aromatic heterocycles. The Kier molecular flexibility index (Phi) is 3.88. The van der Waals surface area contributed by atoms with E-state index in [4.69, 9.17) is 16.9 Å². The van der Waals surface area contributed by atoms with Crippen molar-refractivity contribution in [2.75, 3.05) is 5.32 Å². The molecule has 0 saturated carbocycles.